The molecule has 1 aromatic heterocycles. The topological polar surface area (TPSA) is 104 Å². The van der Waals surface area contributed by atoms with E-state index in [0.29, 0.717) is 22.6 Å². The van der Waals surface area contributed by atoms with E-state index in [-0.39, 0.29) is 25.2 Å². The SMILES string of the molecule is O=C(Nc1ccccn1)Nc1cccc2c1C1COC(CO)N1C2=O. The summed E-state index contributed by atoms with van der Waals surface area (Å²) < 4.78 is 5.47. The molecule has 1 saturated heterocycles. The molecular formula is C17H16N4O4. The molecule has 1 fully saturated rings. The van der Waals surface area contributed by atoms with Gasteiger partial charge in [0.05, 0.1) is 19.3 Å². The number of aliphatic hydroxyl groups excluding tert-OH is 1. The Morgan fingerprint density at radius 3 is 2.92 bits per heavy atom. The first-order chi connectivity index (χ1) is 12.2. The Kier molecular flexibility index (Phi) is 3.83. The van der Waals surface area contributed by atoms with E-state index in [1.54, 1.807) is 42.6 Å². The van der Waals surface area contributed by atoms with Crippen LogP contribution in [0.4, 0.5) is 16.3 Å². The standard InChI is InChI=1S/C17H16N4O4/c22-8-14-21-12(9-25-14)15-10(16(21)23)4-3-5-11(15)19-17(24)20-13-6-1-2-7-18-13/h1-7,12,14,22H,8-9H2,(H2,18,19,20,24). The van der Waals surface area contributed by atoms with Gasteiger partial charge >= 0.3 is 6.03 Å². The smallest absolute Gasteiger partial charge is 0.324 e. The summed E-state index contributed by atoms with van der Waals surface area (Å²) in [5.74, 6) is 0.222. The number of hydrogen-bond donors (Lipinski definition) is 3. The first kappa shape index (κ1) is 15.6. The normalized spacial score (nSPS) is 21.0. The molecule has 2 atom stereocenters. The summed E-state index contributed by atoms with van der Waals surface area (Å²) in [6, 6.07) is 9.60. The molecule has 8 nitrogen and oxygen atoms in total. The minimum Gasteiger partial charge on any atom is -0.392 e. The molecule has 2 unspecified atom stereocenters. The highest BCUT2D eigenvalue weighted by atomic mass is 16.5. The van der Waals surface area contributed by atoms with Crippen LogP contribution in [0.25, 0.3) is 0 Å². The van der Waals surface area contributed by atoms with Gasteiger partial charge in [-0.1, -0.05) is 12.1 Å². The zero-order valence-corrected chi connectivity index (χ0v) is 13.2. The summed E-state index contributed by atoms with van der Waals surface area (Å²) in [5, 5.41) is 14.8. The molecule has 1 aromatic carbocycles. The van der Waals surface area contributed by atoms with Crippen molar-refractivity contribution in [2.24, 2.45) is 0 Å². The number of benzene rings is 1. The van der Waals surface area contributed by atoms with Gasteiger partial charge in [0, 0.05) is 23.0 Å². The van der Waals surface area contributed by atoms with Crippen LogP contribution in [0.1, 0.15) is 22.0 Å². The molecule has 3 N–H and O–H groups in total. The second-order valence-corrected chi connectivity index (χ2v) is 5.76. The highest BCUT2D eigenvalue weighted by Crippen LogP contribution is 2.43. The van der Waals surface area contributed by atoms with E-state index >= 15 is 0 Å². The molecule has 4 rings (SSSR count). The number of rotatable bonds is 3. The summed E-state index contributed by atoms with van der Waals surface area (Å²) in [7, 11) is 0. The number of fused-ring (bicyclic) bond motifs is 3. The molecule has 2 aliphatic rings. The predicted octanol–water partition coefficient (Wildman–Crippen LogP) is 1.57. The van der Waals surface area contributed by atoms with E-state index in [9.17, 15) is 14.7 Å². The number of amides is 3. The monoisotopic (exact) mass is 340 g/mol. The van der Waals surface area contributed by atoms with Crippen LogP contribution in [0.2, 0.25) is 0 Å². The molecule has 0 radical (unpaired) electrons. The van der Waals surface area contributed by atoms with Crippen LogP contribution >= 0.6 is 0 Å². The van der Waals surface area contributed by atoms with Gasteiger partial charge in [-0.3, -0.25) is 10.1 Å². The number of aromatic nitrogens is 1. The number of hydrogen-bond acceptors (Lipinski definition) is 5. The van der Waals surface area contributed by atoms with Crippen molar-refractivity contribution in [2.75, 3.05) is 23.8 Å². The van der Waals surface area contributed by atoms with Crippen LogP contribution in [0, 0.1) is 0 Å². The number of aliphatic hydroxyl groups is 1. The van der Waals surface area contributed by atoms with Crippen molar-refractivity contribution in [3.63, 3.8) is 0 Å². The Balaban J connectivity index is 1.59. The molecule has 2 aromatic rings. The lowest BCUT2D eigenvalue weighted by Gasteiger charge is -2.20. The minimum atomic E-state index is -0.653. The number of ether oxygens (including phenoxy) is 1. The van der Waals surface area contributed by atoms with Gasteiger partial charge < -0.3 is 20.1 Å². The van der Waals surface area contributed by atoms with E-state index in [4.69, 9.17) is 4.74 Å². The van der Waals surface area contributed by atoms with Crippen molar-refractivity contribution in [2.45, 2.75) is 12.3 Å². The lowest BCUT2D eigenvalue weighted by molar-refractivity contribution is -0.00512. The average molecular weight is 340 g/mol. The fourth-order valence-electron chi connectivity index (χ4n) is 3.26. The maximum absolute atomic E-state index is 12.6. The first-order valence-electron chi connectivity index (χ1n) is 7.86. The molecule has 2 aliphatic heterocycles. The van der Waals surface area contributed by atoms with Crippen molar-refractivity contribution in [1.82, 2.24) is 9.88 Å². The fourth-order valence-corrected chi connectivity index (χ4v) is 3.26. The Labute approximate surface area is 143 Å². The lowest BCUT2D eigenvalue weighted by atomic mass is 10.0. The highest BCUT2D eigenvalue weighted by molar-refractivity contribution is 6.05. The second-order valence-electron chi connectivity index (χ2n) is 5.76. The fraction of sp³-hybridized carbons (Fsp3) is 0.235. The number of urea groups is 1. The number of nitrogens with zero attached hydrogens (tertiary/aromatic N) is 2. The van der Waals surface area contributed by atoms with Crippen LogP contribution in [0.5, 0.6) is 0 Å². The van der Waals surface area contributed by atoms with Crippen LogP contribution in [-0.4, -0.2) is 46.4 Å². The van der Waals surface area contributed by atoms with E-state index in [2.05, 4.69) is 15.6 Å². The van der Waals surface area contributed by atoms with E-state index < -0.39 is 12.3 Å². The van der Waals surface area contributed by atoms with Gasteiger partial charge in [0.2, 0.25) is 0 Å². The maximum atomic E-state index is 12.6. The molecule has 8 heteroatoms. The molecule has 0 spiro atoms. The quantitative estimate of drug-likeness (QED) is 0.787. The van der Waals surface area contributed by atoms with Gasteiger partial charge in [0.15, 0.2) is 6.23 Å². The molecule has 128 valence electrons. The molecule has 3 amide bonds. The largest absolute Gasteiger partial charge is 0.392 e. The Morgan fingerprint density at radius 1 is 1.28 bits per heavy atom. The third kappa shape index (κ3) is 2.61. The van der Waals surface area contributed by atoms with Crippen molar-refractivity contribution < 1.29 is 19.4 Å². The zero-order chi connectivity index (χ0) is 17.4. The number of carbonyl (C=O) groups excluding carboxylic acids is 2. The third-order valence-electron chi connectivity index (χ3n) is 4.31. The number of pyridine rings is 1. The van der Waals surface area contributed by atoms with Gasteiger partial charge in [-0.25, -0.2) is 9.78 Å². The summed E-state index contributed by atoms with van der Waals surface area (Å²) in [6.07, 6.45) is 0.928. The van der Waals surface area contributed by atoms with Crippen LogP contribution in [0.15, 0.2) is 42.6 Å². The highest BCUT2D eigenvalue weighted by Gasteiger charge is 2.47. The molecule has 0 aliphatic carbocycles. The third-order valence-corrected chi connectivity index (χ3v) is 4.31. The lowest BCUT2D eigenvalue weighted by Crippen LogP contribution is -2.35. The van der Waals surface area contributed by atoms with Crippen molar-refractivity contribution in [1.29, 1.82) is 0 Å². The molecule has 25 heavy (non-hydrogen) atoms. The van der Waals surface area contributed by atoms with Gasteiger partial charge in [-0.05, 0) is 24.3 Å². The van der Waals surface area contributed by atoms with Crippen molar-refractivity contribution in [3.8, 4) is 0 Å². The number of anilines is 2. The van der Waals surface area contributed by atoms with Gasteiger partial charge in [0.25, 0.3) is 5.91 Å². The average Bonchev–Trinajstić information content (AvgIpc) is 3.16. The Morgan fingerprint density at radius 2 is 2.16 bits per heavy atom. The molecule has 3 heterocycles. The van der Waals surface area contributed by atoms with E-state index in [0.717, 1.165) is 0 Å². The Bertz CT molecular complexity index is 827. The summed E-state index contributed by atoms with van der Waals surface area (Å²) in [5.41, 5.74) is 1.76. The van der Waals surface area contributed by atoms with E-state index in [1.165, 1.54) is 4.90 Å². The zero-order valence-electron chi connectivity index (χ0n) is 13.2. The van der Waals surface area contributed by atoms with Crippen molar-refractivity contribution >= 4 is 23.4 Å². The second kappa shape index (κ2) is 6.15. The van der Waals surface area contributed by atoms with Gasteiger partial charge in [-0.2, -0.15) is 0 Å². The molecular weight excluding hydrogens is 324 g/mol. The van der Waals surface area contributed by atoms with Crippen LogP contribution in [0.3, 0.4) is 0 Å². The Hall–Kier alpha value is -2.97. The molecule has 0 saturated carbocycles. The first-order valence-corrected chi connectivity index (χ1v) is 7.86. The minimum absolute atomic E-state index is 0.203. The number of nitrogens with one attached hydrogen (secondary N) is 2. The van der Waals surface area contributed by atoms with Gasteiger partial charge in [0.1, 0.15) is 5.82 Å². The van der Waals surface area contributed by atoms with Crippen LogP contribution in [-0.2, 0) is 4.74 Å². The summed E-state index contributed by atoms with van der Waals surface area (Å²) >= 11 is 0. The molecule has 0 bridgehead atoms. The van der Waals surface area contributed by atoms with Crippen molar-refractivity contribution in [3.05, 3.63) is 53.7 Å². The maximum Gasteiger partial charge on any atom is 0.324 e. The summed E-state index contributed by atoms with van der Waals surface area (Å²) in [6.45, 7) is 0.0175. The van der Waals surface area contributed by atoms with E-state index in [1.807, 2.05) is 0 Å². The van der Waals surface area contributed by atoms with Gasteiger partial charge in [-0.15, -0.1) is 0 Å². The summed E-state index contributed by atoms with van der Waals surface area (Å²) in [4.78, 5) is 30.4. The predicted molar refractivity (Wildman–Crippen MR) is 89.1 cm³/mol. The van der Waals surface area contributed by atoms with Crippen LogP contribution < -0.4 is 10.6 Å². The number of carbonyl (C=O) groups is 2.